The standard InChI is InChI=1S/2C14H14O3.Mg/c2*1-9(14(15)16)10-3-4-12-8-13(17-2)6-5-11(12)7-10;/h2*3-9H,1-2H3,(H,15,16);/q;;+2/p-2/t2*9-;/m00./s1. The summed E-state index contributed by atoms with van der Waals surface area (Å²) in [6.45, 7) is 3.25. The van der Waals surface area contributed by atoms with E-state index in [-0.39, 0.29) is 23.1 Å². The number of carbonyl (C=O) groups excluding carboxylic acids is 2. The predicted molar refractivity (Wildman–Crippen MR) is 134 cm³/mol. The summed E-state index contributed by atoms with van der Waals surface area (Å²) in [5, 5.41) is 25.7. The molecule has 0 unspecified atom stereocenters. The molecule has 176 valence electrons. The van der Waals surface area contributed by atoms with Crippen LogP contribution in [0.25, 0.3) is 21.5 Å². The van der Waals surface area contributed by atoms with Gasteiger partial charge in [-0.3, -0.25) is 0 Å². The van der Waals surface area contributed by atoms with Gasteiger partial charge in [0.1, 0.15) is 11.5 Å². The second kappa shape index (κ2) is 12.4. The average molecular weight is 483 g/mol. The zero-order valence-electron chi connectivity index (χ0n) is 20.2. The molecule has 4 aromatic carbocycles. The van der Waals surface area contributed by atoms with Crippen molar-refractivity contribution in [1.29, 1.82) is 0 Å². The SMILES string of the molecule is COc1ccc2cc([C@H](C)C(=O)[O-])ccc2c1.COc1ccc2cc([C@H](C)C(=O)[O-])ccc2c1.[Mg+2]. The number of hydrogen-bond acceptors (Lipinski definition) is 6. The van der Waals surface area contributed by atoms with Crippen molar-refractivity contribution in [1.82, 2.24) is 0 Å². The first kappa shape index (κ1) is 27.9. The molecule has 0 aliphatic carbocycles. The minimum Gasteiger partial charge on any atom is -0.550 e. The molecule has 0 fully saturated rings. The first-order valence-corrected chi connectivity index (χ1v) is 10.8. The van der Waals surface area contributed by atoms with E-state index in [4.69, 9.17) is 9.47 Å². The molecule has 6 nitrogen and oxygen atoms in total. The van der Waals surface area contributed by atoms with Gasteiger partial charge in [-0.15, -0.1) is 0 Å². The van der Waals surface area contributed by atoms with Gasteiger partial charge in [0.05, 0.1) is 14.2 Å². The van der Waals surface area contributed by atoms with E-state index in [9.17, 15) is 19.8 Å². The maximum atomic E-state index is 10.8. The Labute approximate surface area is 220 Å². The van der Waals surface area contributed by atoms with Crippen LogP contribution in [0.4, 0.5) is 0 Å². The first-order chi connectivity index (χ1) is 16.2. The molecule has 4 rings (SSSR count). The zero-order chi connectivity index (χ0) is 24.8. The van der Waals surface area contributed by atoms with Gasteiger partial charge < -0.3 is 29.3 Å². The largest absolute Gasteiger partial charge is 2.00 e. The molecule has 0 N–H and O–H groups in total. The molecule has 0 bridgehead atoms. The molecule has 0 spiro atoms. The van der Waals surface area contributed by atoms with Crippen LogP contribution in [0, 0.1) is 0 Å². The Balaban J connectivity index is 0.000000240. The number of ether oxygens (including phenoxy) is 2. The predicted octanol–water partition coefficient (Wildman–Crippen LogP) is 3.02. The Bertz CT molecular complexity index is 1230. The van der Waals surface area contributed by atoms with Gasteiger partial charge in [0.2, 0.25) is 0 Å². The topological polar surface area (TPSA) is 98.7 Å². The molecular weight excluding hydrogens is 457 g/mol. The Kier molecular flexibility index (Phi) is 9.92. The summed E-state index contributed by atoms with van der Waals surface area (Å²) in [6.07, 6.45) is 0. The van der Waals surface area contributed by atoms with Gasteiger partial charge in [0.25, 0.3) is 0 Å². The summed E-state index contributed by atoms with van der Waals surface area (Å²) in [5.41, 5.74) is 1.50. The third-order valence-electron chi connectivity index (χ3n) is 5.85. The number of carboxylic acid groups (broad SMARTS) is 2. The Hall–Kier alpha value is -3.29. The number of fused-ring (bicyclic) bond motifs is 2. The van der Waals surface area contributed by atoms with Crippen molar-refractivity contribution in [2.75, 3.05) is 14.2 Å². The first-order valence-electron chi connectivity index (χ1n) is 10.8. The molecule has 0 saturated heterocycles. The number of methoxy groups -OCH3 is 2. The summed E-state index contributed by atoms with van der Waals surface area (Å²) >= 11 is 0. The molecule has 0 aliphatic heterocycles. The van der Waals surface area contributed by atoms with Gasteiger partial charge in [-0.2, -0.15) is 0 Å². The average Bonchev–Trinajstić information content (AvgIpc) is 2.86. The van der Waals surface area contributed by atoms with Gasteiger partial charge in [0, 0.05) is 23.8 Å². The van der Waals surface area contributed by atoms with Crippen molar-refractivity contribution in [2.24, 2.45) is 0 Å². The van der Waals surface area contributed by atoms with E-state index in [0.717, 1.165) is 44.2 Å². The quantitative estimate of drug-likeness (QED) is 0.392. The minimum atomic E-state index is -1.06. The molecule has 4 aromatic rings. The summed E-state index contributed by atoms with van der Waals surface area (Å²) in [6, 6.07) is 22.5. The van der Waals surface area contributed by atoms with Crippen molar-refractivity contribution >= 4 is 56.5 Å². The van der Waals surface area contributed by atoms with Gasteiger partial charge in [-0.25, -0.2) is 0 Å². The van der Waals surface area contributed by atoms with E-state index in [1.807, 2.05) is 72.8 Å². The molecule has 0 aromatic heterocycles. The minimum absolute atomic E-state index is 0. The number of carboxylic acids is 2. The molecule has 0 aliphatic rings. The van der Waals surface area contributed by atoms with Crippen LogP contribution < -0.4 is 19.7 Å². The van der Waals surface area contributed by atoms with Gasteiger partial charge in [0.15, 0.2) is 0 Å². The molecule has 0 amide bonds. The van der Waals surface area contributed by atoms with E-state index in [0.29, 0.717) is 0 Å². The fraction of sp³-hybridized carbons (Fsp3) is 0.214. The normalized spacial score (nSPS) is 12.0. The molecular formula is C28H26MgO6. The second-order valence-corrected chi connectivity index (χ2v) is 8.03. The summed E-state index contributed by atoms with van der Waals surface area (Å²) < 4.78 is 10.3. The van der Waals surface area contributed by atoms with Crippen LogP contribution >= 0.6 is 0 Å². The van der Waals surface area contributed by atoms with Crippen LogP contribution in [0.2, 0.25) is 0 Å². The van der Waals surface area contributed by atoms with Gasteiger partial charge >= 0.3 is 23.1 Å². The fourth-order valence-corrected chi connectivity index (χ4v) is 3.55. The molecule has 35 heavy (non-hydrogen) atoms. The van der Waals surface area contributed by atoms with Crippen LogP contribution in [0.1, 0.15) is 36.8 Å². The van der Waals surface area contributed by atoms with Crippen molar-refractivity contribution in [3.8, 4) is 11.5 Å². The van der Waals surface area contributed by atoms with Crippen molar-refractivity contribution in [3.05, 3.63) is 83.9 Å². The monoisotopic (exact) mass is 482 g/mol. The maximum Gasteiger partial charge on any atom is 2.00 e. The molecule has 7 heteroatoms. The van der Waals surface area contributed by atoms with E-state index in [1.54, 1.807) is 28.1 Å². The van der Waals surface area contributed by atoms with Crippen LogP contribution in [0.3, 0.4) is 0 Å². The molecule has 2 atom stereocenters. The van der Waals surface area contributed by atoms with Crippen molar-refractivity contribution in [2.45, 2.75) is 25.7 Å². The van der Waals surface area contributed by atoms with E-state index in [1.165, 1.54) is 0 Å². The van der Waals surface area contributed by atoms with E-state index >= 15 is 0 Å². The number of benzene rings is 4. The van der Waals surface area contributed by atoms with Crippen molar-refractivity contribution < 1.29 is 29.3 Å². The zero-order valence-corrected chi connectivity index (χ0v) is 21.7. The summed E-state index contributed by atoms with van der Waals surface area (Å²) in [4.78, 5) is 21.6. The Morgan fingerprint density at radius 2 is 0.914 bits per heavy atom. The maximum absolute atomic E-state index is 10.8. The number of rotatable bonds is 6. The van der Waals surface area contributed by atoms with E-state index in [2.05, 4.69) is 0 Å². The smallest absolute Gasteiger partial charge is 0.550 e. The summed E-state index contributed by atoms with van der Waals surface area (Å²) in [7, 11) is 3.24. The third-order valence-corrected chi connectivity index (χ3v) is 5.85. The fourth-order valence-electron chi connectivity index (χ4n) is 3.55. The molecule has 0 radical (unpaired) electrons. The van der Waals surface area contributed by atoms with E-state index < -0.39 is 23.8 Å². The number of aliphatic carboxylic acids is 2. The third kappa shape index (κ3) is 6.87. The summed E-state index contributed by atoms with van der Waals surface area (Å²) in [5.74, 6) is -1.73. The Morgan fingerprint density at radius 1 is 0.600 bits per heavy atom. The van der Waals surface area contributed by atoms with Crippen LogP contribution in [-0.2, 0) is 9.59 Å². The number of hydrogen-bond donors (Lipinski definition) is 0. The van der Waals surface area contributed by atoms with Gasteiger partial charge in [-0.1, -0.05) is 62.4 Å². The molecule has 0 saturated carbocycles. The second-order valence-electron chi connectivity index (χ2n) is 8.03. The van der Waals surface area contributed by atoms with Gasteiger partial charge in [-0.05, 0) is 56.9 Å². The molecule has 0 heterocycles. The number of carbonyl (C=O) groups is 2. The van der Waals surface area contributed by atoms with Crippen LogP contribution in [0.15, 0.2) is 72.8 Å². The van der Waals surface area contributed by atoms with Crippen molar-refractivity contribution in [3.63, 3.8) is 0 Å². The van der Waals surface area contributed by atoms with Crippen LogP contribution in [0.5, 0.6) is 11.5 Å². The van der Waals surface area contributed by atoms with Crippen LogP contribution in [-0.4, -0.2) is 49.2 Å². The Morgan fingerprint density at radius 3 is 1.23 bits per heavy atom.